The van der Waals surface area contributed by atoms with Crippen molar-refractivity contribution in [2.45, 2.75) is 40.3 Å². The Kier molecular flexibility index (Phi) is 4.91. The Morgan fingerprint density at radius 3 is 2.44 bits per heavy atom. The number of amides is 1. The summed E-state index contributed by atoms with van der Waals surface area (Å²) in [7, 11) is 1.81. The molecule has 3 nitrogen and oxygen atoms in total. The van der Waals surface area contributed by atoms with Crippen molar-refractivity contribution in [2.75, 3.05) is 7.05 Å². The molecule has 0 aliphatic rings. The van der Waals surface area contributed by atoms with Gasteiger partial charge in [0.2, 0.25) is 5.91 Å². The number of hydrogen-bond acceptors (Lipinski definition) is 2. The van der Waals surface area contributed by atoms with E-state index in [0.29, 0.717) is 6.54 Å². The average molecular weight is 248 g/mol. The molecule has 1 aromatic rings. The van der Waals surface area contributed by atoms with Crippen LogP contribution in [0.3, 0.4) is 0 Å². The quantitative estimate of drug-likeness (QED) is 0.888. The second-order valence-corrected chi connectivity index (χ2v) is 5.39. The number of likely N-dealkylation sites (N-methyl/N-ethyl adjacent to an activating group) is 1. The normalized spacial score (nSPS) is 12.6. The van der Waals surface area contributed by atoms with Crippen molar-refractivity contribution in [3.63, 3.8) is 0 Å². The summed E-state index contributed by atoms with van der Waals surface area (Å²) in [5, 5.41) is 0. The number of benzene rings is 1. The van der Waals surface area contributed by atoms with E-state index < -0.39 is 6.04 Å². The van der Waals surface area contributed by atoms with Crippen LogP contribution in [0.1, 0.15) is 30.5 Å². The van der Waals surface area contributed by atoms with E-state index in [1.165, 1.54) is 16.7 Å². The molecular formula is C15H24N2O. The predicted octanol–water partition coefficient (Wildman–Crippen LogP) is 2.25. The molecule has 1 aromatic carbocycles. The highest BCUT2D eigenvalue weighted by atomic mass is 16.2. The van der Waals surface area contributed by atoms with E-state index >= 15 is 0 Å². The van der Waals surface area contributed by atoms with Gasteiger partial charge in [0.1, 0.15) is 0 Å². The van der Waals surface area contributed by atoms with Gasteiger partial charge in [0.05, 0.1) is 6.04 Å². The topological polar surface area (TPSA) is 46.3 Å². The lowest BCUT2D eigenvalue weighted by atomic mass is 10.0. The number of aryl methyl sites for hydroxylation is 2. The highest BCUT2D eigenvalue weighted by Crippen LogP contribution is 2.13. The first-order valence-electron chi connectivity index (χ1n) is 6.39. The second kappa shape index (κ2) is 6.01. The summed E-state index contributed by atoms with van der Waals surface area (Å²) in [6.07, 6.45) is 0. The van der Waals surface area contributed by atoms with Crippen molar-refractivity contribution < 1.29 is 4.79 Å². The molecule has 0 aliphatic heterocycles. The molecule has 100 valence electrons. The molecule has 1 rings (SSSR count). The van der Waals surface area contributed by atoms with Gasteiger partial charge in [0.25, 0.3) is 0 Å². The molecule has 1 atom stereocenters. The van der Waals surface area contributed by atoms with Gasteiger partial charge in [-0.3, -0.25) is 4.79 Å². The van der Waals surface area contributed by atoms with Crippen LogP contribution >= 0.6 is 0 Å². The Labute approximate surface area is 110 Å². The van der Waals surface area contributed by atoms with E-state index in [1.54, 1.807) is 4.90 Å². The van der Waals surface area contributed by atoms with Crippen LogP contribution < -0.4 is 5.73 Å². The third-order valence-electron chi connectivity index (χ3n) is 3.29. The number of hydrogen-bond donors (Lipinski definition) is 1. The highest BCUT2D eigenvalue weighted by molar-refractivity contribution is 5.81. The monoisotopic (exact) mass is 248 g/mol. The Bertz CT molecular complexity index is 427. The molecule has 3 heteroatoms. The SMILES string of the molecule is Cc1ccc(CN(C)C(=O)C(N)C(C)C)c(C)c1. The summed E-state index contributed by atoms with van der Waals surface area (Å²) in [5.74, 6) is 0.170. The molecule has 0 bridgehead atoms. The van der Waals surface area contributed by atoms with E-state index in [1.807, 2.05) is 20.9 Å². The van der Waals surface area contributed by atoms with Crippen LogP contribution in [0.15, 0.2) is 18.2 Å². The lowest BCUT2D eigenvalue weighted by Crippen LogP contribution is -2.44. The average Bonchev–Trinajstić information content (AvgIpc) is 2.30. The number of nitrogens with two attached hydrogens (primary N) is 1. The van der Waals surface area contributed by atoms with Crippen molar-refractivity contribution in [3.05, 3.63) is 34.9 Å². The van der Waals surface area contributed by atoms with Gasteiger partial charge in [-0.1, -0.05) is 37.6 Å². The lowest BCUT2D eigenvalue weighted by Gasteiger charge is -2.24. The fraction of sp³-hybridized carbons (Fsp3) is 0.533. The van der Waals surface area contributed by atoms with Crippen molar-refractivity contribution >= 4 is 5.91 Å². The highest BCUT2D eigenvalue weighted by Gasteiger charge is 2.21. The zero-order valence-electron chi connectivity index (χ0n) is 12.0. The van der Waals surface area contributed by atoms with Crippen molar-refractivity contribution in [2.24, 2.45) is 11.7 Å². The zero-order chi connectivity index (χ0) is 13.9. The molecule has 0 radical (unpaired) electrons. The minimum atomic E-state index is -0.416. The molecule has 0 spiro atoms. The zero-order valence-corrected chi connectivity index (χ0v) is 12.0. The molecule has 0 saturated carbocycles. The smallest absolute Gasteiger partial charge is 0.239 e. The summed E-state index contributed by atoms with van der Waals surface area (Å²) in [4.78, 5) is 13.8. The van der Waals surface area contributed by atoms with Gasteiger partial charge in [-0.2, -0.15) is 0 Å². The third-order valence-corrected chi connectivity index (χ3v) is 3.29. The van der Waals surface area contributed by atoms with E-state index in [2.05, 4.69) is 32.0 Å². The van der Waals surface area contributed by atoms with E-state index in [0.717, 1.165) is 0 Å². The Hall–Kier alpha value is -1.35. The molecule has 0 heterocycles. The summed E-state index contributed by atoms with van der Waals surface area (Å²) < 4.78 is 0. The molecule has 1 amide bonds. The second-order valence-electron chi connectivity index (χ2n) is 5.39. The first kappa shape index (κ1) is 14.7. The summed E-state index contributed by atoms with van der Waals surface area (Å²) in [6, 6.07) is 5.87. The van der Waals surface area contributed by atoms with Crippen molar-refractivity contribution in [1.29, 1.82) is 0 Å². The minimum absolute atomic E-state index is 0.00461. The van der Waals surface area contributed by atoms with Crippen LogP contribution in [0.5, 0.6) is 0 Å². The van der Waals surface area contributed by atoms with Gasteiger partial charge in [-0.25, -0.2) is 0 Å². The first-order valence-corrected chi connectivity index (χ1v) is 6.39. The Morgan fingerprint density at radius 2 is 1.94 bits per heavy atom. The molecule has 0 fully saturated rings. The molecular weight excluding hydrogens is 224 g/mol. The van der Waals surface area contributed by atoms with E-state index in [4.69, 9.17) is 5.73 Å². The molecule has 18 heavy (non-hydrogen) atoms. The van der Waals surface area contributed by atoms with Crippen LogP contribution in [0.4, 0.5) is 0 Å². The number of carbonyl (C=O) groups is 1. The fourth-order valence-corrected chi connectivity index (χ4v) is 1.90. The van der Waals surface area contributed by atoms with Crippen LogP contribution in [0, 0.1) is 19.8 Å². The Balaban J connectivity index is 2.75. The Morgan fingerprint density at radius 1 is 1.33 bits per heavy atom. The minimum Gasteiger partial charge on any atom is -0.340 e. The van der Waals surface area contributed by atoms with Gasteiger partial charge >= 0.3 is 0 Å². The van der Waals surface area contributed by atoms with Crippen LogP contribution in [0.25, 0.3) is 0 Å². The van der Waals surface area contributed by atoms with Crippen molar-refractivity contribution in [3.8, 4) is 0 Å². The van der Waals surface area contributed by atoms with Crippen LogP contribution in [-0.2, 0) is 11.3 Å². The van der Waals surface area contributed by atoms with Gasteiger partial charge < -0.3 is 10.6 Å². The van der Waals surface area contributed by atoms with Gasteiger partial charge in [0, 0.05) is 13.6 Å². The standard InChI is InChI=1S/C15H24N2O/c1-10(2)14(16)15(18)17(5)9-13-7-6-11(3)8-12(13)4/h6-8,10,14H,9,16H2,1-5H3. The van der Waals surface area contributed by atoms with Crippen LogP contribution in [-0.4, -0.2) is 23.9 Å². The molecule has 0 saturated heterocycles. The maximum atomic E-state index is 12.1. The first-order chi connectivity index (χ1) is 8.32. The molecule has 1 unspecified atom stereocenters. The lowest BCUT2D eigenvalue weighted by molar-refractivity contribution is -0.132. The largest absolute Gasteiger partial charge is 0.340 e. The van der Waals surface area contributed by atoms with E-state index in [9.17, 15) is 4.79 Å². The van der Waals surface area contributed by atoms with Gasteiger partial charge in [-0.15, -0.1) is 0 Å². The molecule has 0 aliphatic carbocycles. The number of rotatable bonds is 4. The van der Waals surface area contributed by atoms with Gasteiger partial charge in [0.15, 0.2) is 0 Å². The van der Waals surface area contributed by atoms with E-state index in [-0.39, 0.29) is 11.8 Å². The summed E-state index contributed by atoms with van der Waals surface area (Å²) in [6.45, 7) is 8.69. The molecule has 2 N–H and O–H groups in total. The summed E-state index contributed by atoms with van der Waals surface area (Å²) in [5.41, 5.74) is 9.51. The van der Waals surface area contributed by atoms with Gasteiger partial charge in [-0.05, 0) is 30.9 Å². The number of carbonyl (C=O) groups excluding carboxylic acids is 1. The maximum Gasteiger partial charge on any atom is 0.239 e. The molecule has 0 aromatic heterocycles. The third kappa shape index (κ3) is 3.57. The predicted molar refractivity (Wildman–Crippen MR) is 75.2 cm³/mol. The van der Waals surface area contributed by atoms with Crippen molar-refractivity contribution in [1.82, 2.24) is 4.90 Å². The maximum absolute atomic E-state index is 12.1. The summed E-state index contributed by atoms with van der Waals surface area (Å²) >= 11 is 0. The fourth-order valence-electron chi connectivity index (χ4n) is 1.90. The van der Waals surface area contributed by atoms with Crippen LogP contribution in [0.2, 0.25) is 0 Å². The number of nitrogens with zero attached hydrogens (tertiary/aromatic N) is 1.